The highest BCUT2D eigenvalue weighted by molar-refractivity contribution is 5.78. The van der Waals surface area contributed by atoms with Crippen molar-refractivity contribution >= 4 is 16.9 Å². The molecule has 2 aromatic heterocycles. The molecule has 144 valence electrons. The molecule has 0 aliphatic carbocycles. The minimum absolute atomic E-state index is 0.185. The van der Waals surface area contributed by atoms with Gasteiger partial charge in [-0.05, 0) is 12.1 Å². The third kappa shape index (κ3) is 3.99. The molecule has 0 aliphatic rings. The average molecular weight is 382 g/mol. The Morgan fingerprint density at radius 2 is 1.81 bits per heavy atom. The van der Waals surface area contributed by atoms with E-state index in [1.807, 2.05) is 0 Å². The zero-order chi connectivity index (χ0) is 20.4. The molecule has 0 bridgehead atoms. The summed E-state index contributed by atoms with van der Waals surface area (Å²) in [5.41, 5.74) is -3.46. The summed E-state index contributed by atoms with van der Waals surface area (Å²) >= 11 is 0. The van der Waals surface area contributed by atoms with Crippen molar-refractivity contribution in [3.8, 4) is 0 Å². The zero-order valence-corrected chi connectivity index (χ0v) is 14.5. The van der Waals surface area contributed by atoms with Crippen LogP contribution < -0.4 is 11.2 Å². The highest BCUT2D eigenvalue weighted by atomic mass is 19.4. The third-order valence-corrected chi connectivity index (χ3v) is 3.82. The number of carbonyl (C=O) groups is 1. The van der Waals surface area contributed by atoms with Gasteiger partial charge in [0.2, 0.25) is 5.91 Å². The molecule has 10 heteroatoms. The van der Waals surface area contributed by atoms with Gasteiger partial charge in [-0.15, -0.1) is 13.2 Å². The van der Waals surface area contributed by atoms with Crippen molar-refractivity contribution in [1.29, 1.82) is 0 Å². The number of aromatic nitrogens is 3. The summed E-state index contributed by atoms with van der Waals surface area (Å²) < 4.78 is 40.0. The third-order valence-electron chi connectivity index (χ3n) is 3.82. The number of pyridine rings is 1. The summed E-state index contributed by atoms with van der Waals surface area (Å²) in [7, 11) is 1.18. The number of alkyl halides is 3. The van der Waals surface area contributed by atoms with E-state index in [-0.39, 0.29) is 18.5 Å². The van der Waals surface area contributed by atoms with Gasteiger partial charge < -0.3 is 4.90 Å². The van der Waals surface area contributed by atoms with Gasteiger partial charge in [0.15, 0.2) is 0 Å². The molecule has 0 aliphatic heterocycles. The highest BCUT2D eigenvalue weighted by Crippen LogP contribution is 2.28. The van der Waals surface area contributed by atoms with E-state index in [0.29, 0.717) is 10.6 Å². The SMILES string of the molecule is C=CCN(CC=C)C(=O)Cn1c(=O)c2ccc(C(F)(F)F)nc2n(C)c1=O. The molecular formula is C17H17F3N4O3. The van der Waals surface area contributed by atoms with E-state index in [2.05, 4.69) is 18.1 Å². The highest BCUT2D eigenvalue weighted by Gasteiger charge is 2.33. The Bertz CT molecular complexity index is 1010. The molecule has 1 amide bonds. The number of fused-ring (bicyclic) bond motifs is 1. The van der Waals surface area contributed by atoms with Crippen LogP contribution in [0.15, 0.2) is 47.0 Å². The van der Waals surface area contributed by atoms with E-state index in [9.17, 15) is 27.6 Å². The van der Waals surface area contributed by atoms with Crippen molar-refractivity contribution in [2.45, 2.75) is 12.7 Å². The van der Waals surface area contributed by atoms with Crippen molar-refractivity contribution in [2.75, 3.05) is 13.1 Å². The van der Waals surface area contributed by atoms with E-state index in [0.717, 1.165) is 10.6 Å². The van der Waals surface area contributed by atoms with Gasteiger partial charge >= 0.3 is 11.9 Å². The summed E-state index contributed by atoms with van der Waals surface area (Å²) in [6, 6.07) is 1.60. The molecule has 2 aromatic rings. The van der Waals surface area contributed by atoms with E-state index in [1.165, 1.54) is 24.1 Å². The second-order valence-corrected chi connectivity index (χ2v) is 5.67. The van der Waals surface area contributed by atoms with Crippen LogP contribution in [0.1, 0.15) is 5.69 Å². The van der Waals surface area contributed by atoms with Gasteiger partial charge in [0.25, 0.3) is 5.56 Å². The number of carbonyl (C=O) groups excluding carboxylic acids is 1. The standard InChI is InChI=1S/C17H17F3N4O3/c1-4-8-23(9-5-2)13(25)10-24-15(26)11-6-7-12(17(18,19)20)21-14(11)22(3)16(24)27/h4-7H,1-2,8-10H2,3H3. The lowest BCUT2D eigenvalue weighted by molar-refractivity contribution is -0.141. The maximum atomic E-state index is 12.8. The average Bonchev–Trinajstić information content (AvgIpc) is 2.61. The summed E-state index contributed by atoms with van der Waals surface area (Å²) in [4.78, 5) is 42.1. The van der Waals surface area contributed by atoms with Crippen molar-refractivity contribution in [3.05, 3.63) is 64.0 Å². The Kier molecular flexibility index (Phi) is 5.67. The van der Waals surface area contributed by atoms with Crippen LogP contribution >= 0.6 is 0 Å². The van der Waals surface area contributed by atoms with Crippen LogP contribution in [0.25, 0.3) is 11.0 Å². The Morgan fingerprint density at radius 1 is 1.22 bits per heavy atom. The molecule has 0 atom stereocenters. The molecule has 0 unspecified atom stereocenters. The summed E-state index contributed by atoms with van der Waals surface area (Å²) in [6.07, 6.45) is -1.76. The molecule has 27 heavy (non-hydrogen) atoms. The molecule has 0 saturated heterocycles. The molecule has 0 fully saturated rings. The number of hydrogen-bond donors (Lipinski definition) is 0. The first-order chi connectivity index (χ1) is 12.6. The zero-order valence-electron chi connectivity index (χ0n) is 14.5. The first-order valence-corrected chi connectivity index (χ1v) is 7.79. The lowest BCUT2D eigenvalue weighted by atomic mass is 10.2. The van der Waals surface area contributed by atoms with Gasteiger partial charge in [-0.2, -0.15) is 13.2 Å². The maximum absolute atomic E-state index is 12.8. The van der Waals surface area contributed by atoms with Crippen molar-refractivity contribution in [2.24, 2.45) is 7.05 Å². The number of amides is 1. The first-order valence-electron chi connectivity index (χ1n) is 7.79. The number of hydrogen-bond acceptors (Lipinski definition) is 4. The van der Waals surface area contributed by atoms with Crippen LogP contribution in [-0.2, 0) is 24.6 Å². The molecule has 7 nitrogen and oxygen atoms in total. The fourth-order valence-electron chi connectivity index (χ4n) is 2.50. The minimum atomic E-state index is -4.72. The molecule has 0 N–H and O–H groups in total. The Morgan fingerprint density at radius 3 is 2.33 bits per heavy atom. The monoisotopic (exact) mass is 382 g/mol. The van der Waals surface area contributed by atoms with Crippen LogP contribution in [-0.4, -0.2) is 38.0 Å². The van der Waals surface area contributed by atoms with Gasteiger partial charge in [-0.25, -0.2) is 9.78 Å². The number of rotatable bonds is 6. The summed E-state index contributed by atoms with van der Waals surface area (Å²) in [5, 5.41) is -0.197. The van der Waals surface area contributed by atoms with Crippen LogP contribution in [0.5, 0.6) is 0 Å². The van der Waals surface area contributed by atoms with E-state index in [1.54, 1.807) is 0 Å². The molecule has 2 rings (SSSR count). The fourth-order valence-corrected chi connectivity index (χ4v) is 2.50. The van der Waals surface area contributed by atoms with Gasteiger partial charge in [0.05, 0.1) is 5.39 Å². The summed E-state index contributed by atoms with van der Waals surface area (Å²) in [6.45, 7) is 6.86. The van der Waals surface area contributed by atoms with Gasteiger partial charge in [0, 0.05) is 20.1 Å². The molecule has 2 heterocycles. The molecular weight excluding hydrogens is 365 g/mol. The van der Waals surface area contributed by atoms with E-state index >= 15 is 0 Å². The Hall–Kier alpha value is -3.17. The topological polar surface area (TPSA) is 77.2 Å². The summed E-state index contributed by atoms with van der Waals surface area (Å²) in [5.74, 6) is -0.534. The van der Waals surface area contributed by atoms with Crippen molar-refractivity contribution in [3.63, 3.8) is 0 Å². The normalized spacial score (nSPS) is 11.4. The van der Waals surface area contributed by atoms with Crippen LogP contribution in [0, 0.1) is 0 Å². The van der Waals surface area contributed by atoms with Gasteiger partial charge in [-0.3, -0.25) is 18.7 Å². The second kappa shape index (κ2) is 7.60. The van der Waals surface area contributed by atoms with Gasteiger partial charge in [-0.1, -0.05) is 12.2 Å². The van der Waals surface area contributed by atoms with E-state index < -0.39 is 41.2 Å². The number of aryl methyl sites for hydroxylation is 1. The fraction of sp³-hybridized carbons (Fsp3) is 0.294. The van der Waals surface area contributed by atoms with Gasteiger partial charge in [0.1, 0.15) is 17.9 Å². The molecule has 0 saturated carbocycles. The smallest absolute Gasteiger partial charge is 0.334 e. The molecule has 0 radical (unpaired) electrons. The lowest BCUT2D eigenvalue weighted by Gasteiger charge is -2.20. The minimum Gasteiger partial charge on any atom is -0.334 e. The predicted octanol–water partition coefficient (Wildman–Crippen LogP) is 1.31. The number of nitrogens with zero attached hydrogens (tertiary/aromatic N) is 4. The lowest BCUT2D eigenvalue weighted by Crippen LogP contribution is -2.44. The quantitative estimate of drug-likeness (QED) is 0.706. The maximum Gasteiger partial charge on any atom is 0.433 e. The van der Waals surface area contributed by atoms with Crippen molar-refractivity contribution < 1.29 is 18.0 Å². The van der Waals surface area contributed by atoms with Crippen LogP contribution in [0.3, 0.4) is 0 Å². The Labute approximate surface area is 151 Å². The van der Waals surface area contributed by atoms with Crippen LogP contribution in [0.2, 0.25) is 0 Å². The molecule has 0 aromatic carbocycles. The number of halogens is 3. The predicted molar refractivity (Wildman–Crippen MR) is 93.2 cm³/mol. The molecule has 0 spiro atoms. The van der Waals surface area contributed by atoms with Crippen LogP contribution in [0.4, 0.5) is 13.2 Å². The first kappa shape index (κ1) is 20.1. The second-order valence-electron chi connectivity index (χ2n) is 5.67. The van der Waals surface area contributed by atoms with Crippen molar-refractivity contribution in [1.82, 2.24) is 19.0 Å². The Balaban J connectivity index is 2.58. The van der Waals surface area contributed by atoms with E-state index in [4.69, 9.17) is 0 Å². The largest absolute Gasteiger partial charge is 0.433 e.